The molecule has 3 aromatic rings. The van der Waals surface area contributed by atoms with Crippen molar-refractivity contribution in [3.63, 3.8) is 0 Å². The normalized spacial score (nSPS) is 14.5. The molecule has 0 fully saturated rings. The number of aryl methyl sites for hydroxylation is 1. The van der Waals surface area contributed by atoms with Gasteiger partial charge in [-0.25, -0.2) is 9.48 Å². The van der Waals surface area contributed by atoms with Gasteiger partial charge in [0.2, 0.25) is 0 Å². The van der Waals surface area contributed by atoms with E-state index in [0.29, 0.717) is 6.54 Å². The summed E-state index contributed by atoms with van der Waals surface area (Å²) in [7, 11) is 0. The van der Waals surface area contributed by atoms with Crippen molar-refractivity contribution in [1.82, 2.24) is 9.78 Å². The van der Waals surface area contributed by atoms with Crippen LogP contribution in [0.1, 0.15) is 35.4 Å². The van der Waals surface area contributed by atoms with Crippen LogP contribution in [0, 0.1) is 0 Å². The Hall–Kier alpha value is -3.48. The molecule has 1 amide bonds. The third kappa shape index (κ3) is 2.85. The van der Waals surface area contributed by atoms with Crippen LogP contribution in [-0.2, 0) is 11.2 Å². The van der Waals surface area contributed by atoms with Gasteiger partial charge in [0, 0.05) is 17.6 Å². The smallest absolute Gasteiger partial charge is 0.357 e. The first-order valence-corrected chi connectivity index (χ1v) is 9.13. The number of aromatic carboxylic acids is 1. The monoisotopic (exact) mass is 377 g/mol. The minimum absolute atomic E-state index is 0.230. The number of carbonyl (C=O) groups is 2. The molecule has 0 aliphatic carbocycles. The Balaban J connectivity index is 1.81. The maximum Gasteiger partial charge on any atom is 0.357 e. The molecule has 7 heteroatoms. The van der Waals surface area contributed by atoms with Gasteiger partial charge in [-0.2, -0.15) is 5.10 Å². The number of carboxylic acids is 1. The van der Waals surface area contributed by atoms with Gasteiger partial charge in [-0.05, 0) is 37.5 Å². The number of fused-ring (bicyclic) bond motifs is 2. The Bertz CT molecular complexity index is 1150. The molecule has 2 heterocycles. The topological polar surface area (TPSA) is 92.5 Å². The highest BCUT2D eigenvalue weighted by atomic mass is 16.4. The third-order valence-corrected chi connectivity index (χ3v) is 5.13. The zero-order valence-corrected chi connectivity index (χ0v) is 15.3. The maximum absolute atomic E-state index is 13.2. The summed E-state index contributed by atoms with van der Waals surface area (Å²) in [5.74, 6) is -1.53. The molecule has 1 aliphatic rings. The minimum Gasteiger partial charge on any atom is -0.476 e. The molecule has 2 aromatic carbocycles. The predicted molar refractivity (Wildman–Crippen MR) is 105 cm³/mol. The number of nitrogens with zero attached hydrogens (tertiary/aromatic N) is 3. The Morgan fingerprint density at radius 1 is 1.07 bits per heavy atom. The van der Waals surface area contributed by atoms with Gasteiger partial charge in [-0.15, -0.1) is 0 Å². The Labute approximate surface area is 160 Å². The van der Waals surface area contributed by atoms with Gasteiger partial charge in [-0.1, -0.05) is 36.4 Å². The molecule has 1 aromatic heterocycles. The van der Waals surface area contributed by atoms with Crippen LogP contribution in [0.25, 0.3) is 10.8 Å². The van der Waals surface area contributed by atoms with E-state index in [1.807, 2.05) is 24.3 Å². The molecule has 142 valence electrons. The first-order chi connectivity index (χ1) is 13.5. The van der Waals surface area contributed by atoms with E-state index in [1.54, 1.807) is 36.1 Å². The molecule has 28 heavy (non-hydrogen) atoms. The van der Waals surface area contributed by atoms with Crippen LogP contribution >= 0.6 is 0 Å². The predicted octanol–water partition coefficient (Wildman–Crippen LogP) is 2.64. The Morgan fingerprint density at radius 2 is 1.75 bits per heavy atom. The minimum atomic E-state index is -1.24. The van der Waals surface area contributed by atoms with Crippen LogP contribution in [0.5, 0.6) is 0 Å². The first-order valence-electron chi connectivity index (χ1n) is 9.13. The lowest BCUT2D eigenvalue weighted by Gasteiger charge is -2.31. The molecule has 0 bridgehead atoms. The number of anilines is 1. The lowest BCUT2D eigenvalue weighted by atomic mass is 10.0. The van der Waals surface area contributed by atoms with E-state index in [4.69, 9.17) is 0 Å². The molecule has 0 saturated heterocycles. The Kier molecular flexibility index (Phi) is 4.43. The van der Waals surface area contributed by atoms with Crippen LogP contribution in [0.2, 0.25) is 0 Å². The number of para-hydroxylation sites is 1. The van der Waals surface area contributed by atoms with E-state index in [-0.39, 0.29) is 22.4 Å². The van der Waals surface area contributed by atoms with Crippen molar-refractivity contribution >= 4 is 28.3 Å². The van der Waals surface area contributed by atoms with Gasteiger partial charge in [-0.3, -0.25) is 9.59 Å². The maximum atomic E-state index is 13.2. The van der Waals surface area contributed by atoms with E-state index in [2.05, 4.69) is 5.10 Å². The molecular formula is C21H19N3O4. The summed E-state index contributed by atoms with van der Waals surface area (Å²) in [5.41, 5.74) is 1.19. The molecule has 1 N–H and O–H groups in total. The zero-order chi connectivity index (χ0) is 19.8. The lowest BCUT2D eigenvalue weighted by molar-refractivity contribution is -0.121. The summed E-state index contributed by atoms with van der Waals surface area (Å²) < 4.78 is 0.991. The second-order valence-corrected chi connectivity index (χ2v) is 6.85. The SMILES string of the molecule is CC(C(=O)N1CCCc2ccccc21)n1nc(C(=O)O)c2ccccc2c1=O. The number of carbonyl (C=O) groups excluding carboxylic acids is 1. The summed E-state index contributed by atoms with van der Waals surface area (Å²) in [6.07, 6.45) is 1.72. The fraction of sp³-hybridized carbons (Fsp3) is 0.238. The molecule has 1 atom stereocenters. The number of rotatable bonds is 3. The third-order valence-electron chi connectivity index (χ3n) is 5.13. The molecular weight excluding hydrogens is 358 g/mol. The van der Waals surface area contributed by atoms with E-state index < -0.39 is 17.6 Å². The van der Waals surface area contributed by atoms with E-state index in [1.165, 1.54) is 0 Å². The molecule has 0 radical (unpaired) electrons. The molecule has 7 nitrogen and oxygen atoms in total. The van der Waals surface area contributed by atoms with Crippen molar-refractivity contribution in [3.8, 4) is 0 Å². The van der Waals surface area contributed by atoms with Crippen LogP contribution in [0.15, 0.2) is 53.3 Å². The van der Waals surface area contributed by atoms with Crippen LogP contribution in [0.4, 0.5) is 5.69 Å². The highest BCUT2D eigenvalue weighted by Crippen LogP contribution is 2.28. The van der Waals surface area contributed by atoms with Gasteiger partial charge in [0.1, 0.15) is 6.04 Å². The largest absolute Gasteiger partial charge is 0.476 e. The van der Waals surface area contributed by atoms with Crippen LogP contribution in [-0.4, -0.2) is 33.3 Å². The summed E-state index contributed by atoms with van der Waals surface area (Å²) >= 11 is 0. The second kappa shape index (κ2) is 6.92. The highest BCUT2D eigenvalue weighted by Gasteiger charge is 2.29. The Morgan fingerprint density at radius 3 is 2.50 bits per heavy atom. The van der Waals surface area contributed by atoms with Gasteiger partial charge in [0.05, 0.1) is 5.39 Å². The van der Waals surface area contributed by atoms with Crippen molar-refractivity contribution in [1.29, 1.82) is 0 Å². The van der Waals surface area contributed by atoms with E-state index in [0.717, 1.165) is 28.8 Å². The molecule has 4 rings (SSSR count). The average molecular weight is 377 g/mol. The highest BCUT2D eigenvalue weighted by molar-refractivity contribution is 6.01. The number of carboxylic acid groups (broad SMARTS) is 1. The second-order valence-electron chi connectivity index (χ2n) is 6.85. The number of hydrogen-bond acceptors (Lipinski definition) is 4. The molecule has 0 saturated carbocycles. The van der Waals surface area contributed by atoms with Gasteiger partial charge >= 0.3 is 5.97 Å². The summed E-state index contributed by atoms with van der Waals surface area (Å²) in [5, 5.41) is 14.0. The fourth-order valence-corrected chi connectivity index (χ4v) is 3.72. The standard InChI is InChI=1S/C21H19N3O4/c1-13(19(25)23-12-6-8-14-7-2-5-11-17(14)23)24-20(26)16-10-4-3-9-15(16)18(22-24)21(27)28/h2-5,7,9-11,13H,6,8,12H2,1H3,(H,27,28). The van der Waals surface area contributed by atoms with Crippen molar-refractivity contribution in [3.05, 3.63) is 70.1 Å². The van der Waals surface area contributed by atoms with E-state index >= 15 is 0 Å². The van der Waals surface area contributed by atoms with Crippen molar-refractivity contribution in [2.45, 2.75) is 25.8 Å². The fourth-order valence-electron chi connectivity index (χ4n) is 3.72. The van der Waals surface area contributed by atoms with Crippen molar-refractivity contribution < 1.29 is 14.7 Å². The van der Waals surface area contributed by atoms with Gasteiger partial charge in [0.25, 0.3) is 11.5 Å². The number of amides is 1. The van der Waals surface area contributed by atoms with Crippen LogP contribution < -0.4 is 10.5 Å². The summed E-state index contributed by atoms with van der Waals surface area (Å²) in [6.45, 7) is 2.13. The zero-order valence-electron chi connectivity index (χ0n) is 15.3. The molecule has 1 aliphatic heterocycles. The van der Waals surface area contributed by atoms with Crippen molar-refractivity contribution in [2.24, 2.45) is 0 Å². The number of aromatic nitrogens is 2. The molecule has 0 spiro atoms. The number of hydrogen-bond donors (Lipinski definition) is 1. The van der Waals surface area contributed by atoms with Crippen molar-refractivity contribution in [2.75, 3.05) is 11.4 Å². The summed E-state index contributed by atoms with van der Waals surface area (Å²) in [4.78, 5) is 39.4. The molecule has 1 unspecified atom stereocenters. The number of benzene rings is 2. The first kappa shape index (κ1) is 17.9. The van der Waals surface area contributed by atoms with Crippen LogP contribution in [0.3, 0.4) is 0 Å². The average Bonchev–Trinajstić information content (AvgIpc) is 2.72. The van der Waals surface area contributed by atoms with Gasteiger partial charge < -0.3 is 10.0 Å². The quantitative estimate of drug-likeness (QED) is 0.757. The lowest BCUT2D eigenvalue weighted by Crippen LogP contribution is -2.43. The van der Waals surface area contributed by atoms with Gasteiger partial charge in [0.15, 0.2) is 5.69 Å². The van der Waals surface area contributed by atoms with E-state index in [9.17, 15) is 19.5 Å². The summed E-state index contributed by atoms with van der Waals surface area (Å²) in [6, 6.07) is 13.2.